The number of nitrogens with zero attached hydrogens (tertiary/aromatic N) is 2. The molecule has 3 N–H and O–H groups in total. The highest BCUT2D eigenvalue weighted by molar-refractivity contribution is 5.33. The second-order valence-electron chi connectivity index (χ2n) is 8.33. The summed E-state index contributed by atoms with van der Waals surface area (Å²) in [6.07, 6.45) is 10.6. The molecule has 0 radical (unpaired) electrons. The number of aliphatic imine (C=N–C) groups is 1. The first-order chi connectivity index (χ1) is 13.0. The van der Waals surface area contributed by atoms with Gasteiger partial charge in [0.1, 0.15) is 0 Å². The maximum atomic E-state index is 4.19. The number of rotatable bonds is 11. The van der Waals surface area contributed by atoms with Gasteiger partial charge in [0.2, 0.25) is 0 Å². The highest BCUT2D eigenvalue weighted by Crippen LogP contribution is 2.27. The standard InChI is InChI=1S/C22H41N5/c1-7-27(17(3)15-23-5)16(2)9-8-10-22(18(4)24-6)26-21-13-19-11-12-20(14-21)25-19/h8,10,16-17,19-21,23,25-26H,6-7,9,11-15H2,1-5H3/b10-8-,22-18+. The third-order valence-corrected chi connectivity index (χ3v) is 6.22. The number of likely N-dealkylation sites (N-methyl/N-ethyl adjacent to an activating group) is 2. The van der Waals surface area contributed by atoms with Crippen LogP contribution < -0.4 is 16.0 Å². The number of allylic oxidation sites excluding steroid dienone is 2. The second-order valence-corrected chi connectivity index (χ2v) is 8.33. The van der Waals surface area contributed by atoms with E-state index in [1.54, 1.807) is 0 Å². The van der Waals surface area contributed by atoms with Crippen molar-refractivity contribution in [3.05, 3.63) is 23.5 Å². The Morgan fingerprint density at radius 3 is 2.48 bits per heavy atom. The van der Waals surface area contributed by atoms with Crippen LogP contribution in [0.4, 0.5) is 0 Å². The summed E-state index contributed by atoms with van der Waals surface area (Å²) >= 11 is 0. The first-order valence-electron chi connectivity index (χ1n) is 10.8. The van der Waals surface area contributed by atoms with Crippen molar-refractivity contribution in [2.45, 2.75) is 90.0 Å². The lowest BCUT2D eigenvalue weighted by Gasteiger charge is -2.33. The van der Waals surface area contributed by atoms with Gasteiger partial charge in [-0.05, 0) is 79.3 Å². The Labute approximate surface area is 166 Å². The van der Waals surface area contributed by atoms with E-state index in [0.717, 1.165) is 30.9 Å². The fraction of sp³-hybridized carbons (Fsp3) is 0.773. The maximum absolute atomic E-state index is 4.19. The highest BCUT2D eigenvalue weighted by Gasteiger charge is 2.33. The summed E-state index contributed by atoms with van der Waals surface area (Å²) < 4.78 is 0. The predicted molar refractivity (Wildman–Crippen MR) is 117 cm³/mol. The van der Waals surface area contributed by atoms with E-state index in [1.807, 2.05) is 14.0 Å². The minimum absolute atomic E-state index is 0.516. The van der Waals surface area contributed by atoms with Gasteiger partial charge in [0.25, 0.3) is 0 Å². The van der Waals surface area contributed by atoms with Crippen LogP contribution in [0.1, 0.15) is 59.8 Å². The summed E-state index contributed by atoms with van der Waals surface area (Å²) in [4.78, 5) is 6.75. The Kier molecular flexibility index (Phi) is 9.00. The summed E-state index contributed by atoms with van der Waals surface area (Å²) in [5.74, 6) is 0. The van der Waals surface area contributed by atoms with Gasteiger partial charge in [-0.25, -0.2) is 0 Å². The molecular formula is C22H41N5. The molecule has 2 aliphatic rings. The molecule has 0 saturated carbocycles. The molecule has 4 unspecified atom stereocenters. The molecule has 0 amide bonds. The minimum atomic E-state index is 0.516. The van der Waals surface area contributed by atoms with Crippen molar-refractivity contribution in [2.24, 2.45) is 4.99 Å². The maximum Gasteiger partial charge on any atom is 0.0596 e. The molecule has 27 heavy (non-hydrogen) atoms. The van der Waals surface area contributed by atoms with Gasteiger partial charge in [-0.15, -0.1) is 0 Å². The van der Waals surface area contributed by atoms with Crippen LogP contribution in [0, 0.1) is 0 Å². The number of fused-ring (bicyclic) bond motifs is 2. The minimum Gasteiger partial charge on any atom is -0.381 e. The molecule has 0 spiro atoms. The molecule has 2 saturated heterocycles. The number of nitrogens with one attached hydrogen (secondary N) is 3. The summed E-state index contributed by atoms with van der Waals surface area (Å²) in [5, 5.41) is 10.8. The topological polar surface area (TPSA) is 51.7 Å². The van der Waals surface area contributed by atoms with Crippen molar-refractivity contribution in [1.82, 2.24) is 20.9 Å². The Morgan fingerprint density at radius 1 is 1.26 bits per heavy atom. The van der Waals surface area contributed by atoms with E-state index < -0.39 is 0 Å². The Balaban J connectivity index is 1.94. The summed E-state index contributed by atoms with van der Waals surface area (Å²) in [6.45, 7) is 14.7. The van der Waals surface area contributed by atoms with E-state index in [0.29, 0.717) is 30.2 Å². The number of hydrogen-bond acceptors (Lipinski definition) is 5. The smallest absolute Gasteiger partial charge is 0.0596 e. The first kappa shape index (κ1) is 22.1. The molecule has 5 heteroatoms. The van der Waals surface area contributed by atoms with E-state index in [1.165, 1.54) is 25.7 Å². The van der Waals surface area contributed by atoms with Crippen LogP contribution in [-0.2, 0) is 0 Å². The van der Waals surface area contributed by atoms with Crippen molar-refractivity contribution in [3.8, 4) is 0 Å². The molecule has 0 aliphatic carbocycles. The number of piperidine rings is 1. The van der Waals surface area contributed by atoms with Gasteiger partial charge in [-0.2, -0.15) is 0 Å². The van der Waals surface area contributed by atoms with Crippen LogP contribution in [0.15, 0.2) is 28.5 Å². The van der Waals surface area contributed by atoms with Crippen LogP contribution in [0.25, 0.3) is 0 Å². The highest BCUT2D eigenvalue weighted by atomic mass is 15.2. The molecule has 0 aromatic carbocycles. The van der Waals surface area contributed by atoms with Gasteiger partial charge in [-0.1, -0.05) is 13.0 Å². The van der Waals surface area contributed by atoms with Gasteiger partial charge in [-0.3, -0.25) is 9.89 Å². The average Bonchev–Trinajstić information content (AvgIpc) is 2.99. The lowest BCUT2D eigenvalue weighted by atomic mass is 9.99. The van der Waals surface area contributed by atoms with Crippen molar-refractivity contribution in [1.29, 1.82) is 0 Å². The molecule has 2 aliphatic heterocycles. The zero-order valence-electron chi connectivity index (χ0n) is 18.1. The van der Waals surface area contributed by atoms with Gasteiger partial charge in [0, 0.05) is 36.8 Å². The van der Waals surface area contributed by atoms with Crippen molar-refractivity contribution >= 4 is 6.72 Å². The predicted octanol–water partition coefficient (Wildman–Crippen LogP) is 3.06. The third kappa shape index (κ3) is 6.44. The fourth-order valence-electron chi connectivity index (χ4n) is 4.74. The van der Waals surface area contributed by atoms with Crippen LogP contribution in [0.5, 0.6) is 0 Å². The van der Waals surface area contributed by atoms with Crippen molar-refractivity contribution < 1.29 is 0 Å². The Hall–Kier alpha value is -1.17. The van der Waals surface area contributed by atoms with E-state index in [4.69, 9.17) is 0 Å². The molecule has 0 aromatic rings. The first-order valence-corrected chi connectivity index (χ1v) is 10.8. The SMILES string of the molecule is C=N/C(C)=C(\C=C/CC(C)N(CC)C(C)CNC)NC1CC2CCC(C1)N2. The van der Waals surface area contributed by atoms with Gasteiger partial charge in [0.05, 0.1) is 11.4 Å². The van der Waals surface area contributed by atoms with E-state index >= 15 is 0 Å². The summed E-state index contributed by atoms with van der Waals surface area (Å²) in [5.41, 5.74) is 2.12. The Morgan fingerprint density at radius 2 is 1.93 bits per heavy atom. The molecule has 154 valence electrons. The molecule has 2 rings (SSSR count). The van der Waals surface area contributed by atoms with E-state index in [2.05, 4.69) is 65.5 Å². The van der Waals surface area contributed by atoms with Gasteiger partial charge >= 0.3 is 0 Å². The van der Waals surface area contributed by atoms with E-state index in [-0.39, 0.29) is 0 Å². The van der Waals surface area contributed by atoms with E-state index in [9.17, 15) is 0 Å². The lowest BCUT2D eigenvalue weighted by molar-refractivity contribution is 0.162. The number of hydrogen-bond donors (Lipinski definition) is 3. The zero-order valence-corrected chi connectivity index (χ0v) is 18.1. The van der Waals surface area contributed by atoms with Crippen LogP contribution in [-0.4, -0.2) is 62.0 Å². The monoisotopic (exact) mass is 375 g/mol. The van der Waals surface area contributed by atoms with Crippen LogP contribution in [0.2, 0.25) is 0 Å². The molecule has 5 nitrogen and oxygen atoms in total. The summed E-state index contributed by atoms with van der Waals surface area (Å²) in [6, 6.07) is 2.98. The Bertz CT molecular complexity index is 515. The fourth-order valence-corrected chi connectivity index (χ4v) is 4.74. The largest absolute Gasteiger partial charge is 0.381 e. The van der Waals surface area contributed by atoms with Gasteiger partial charge in [0.15, 0.2) is 0 Å². The molecular weight excluding hydrogens is 334 g/mol. The van der Waals surface area contributed by atoms with Crippen LogP contribution in [0.3, 0.4) is 0 Å². The van der Waals surface area contributed by atoms with Crippen LogP contribution >= 0.6 is 0 Å². The van der Waals surface area contributed by atoms with Crippen molar-refractivity contribution in [2.75, 3.05) is 20.1 Å². The zero-order chi connectivity index (χ0) is 19.8. The average molecular weight is 376 g/mol. The molecule has 4 atom stereocenters. The quantitative estimate of drug-likeness (QED) is 0.384. The van der Waals surface area contributed by atoms with Crippen molar-refractivity contribution in [3.63, 3.8) is 0 Å². The van der Waals surface area contributed by atoms with Gasteiger partial charge < -0.3 is 16.0 Å². The second kappa shape index (κ2) is 11.0. The molecule has 2 bridgehead atoms. The molecule has 2 heterocycles. The summed E-state index contributed by atoms with van der Waals surface area (Å²) in [7, 11) is 2.02. The normalized spacial score (nSPS) is 28.3. The lowest BCUT2D eigenvalue weighted by Crippen LogP contribution is -2.46. The molecule has 2 fully saturated rings. The molecule has 0 aromatic heterocycles. The third-order valence-electron chi connectivity index (χ3n) is 6.22.